The van der Waals surface area contributed by atoms with Gasteiger partial charge in [-0.05, 0) is 26.7 Å². The minimum Gasteiger partial charge on any atom is -0.316 e. The Hall–Kier alpha value is -1.12. The third-order valence-corrected chi connectivity index (χ3v) is 3.18. The van der Waals surface area contributed by atoms with Crippen LogP contribution >= 0.6 is 0 Å². The Labute approximate surface area is 84.8 Å². The van der Waals surface area contributed by atoms with Crippen molar-refractivity contribution < 1.29 is 9.59 Å². The second-order valence-electron chi connectivity index (χ2n) is 4.11. The highest BCUT2D eigenvalue weighted by molar-refractivity contribution is 5.87. The Morgan fingerprint density at radius 1 is 1.43 bits per heavy atom. The molecule has 1 aliphatic rings. The molecule has 78 valence electrons. The van der Waals surface area contributed by atoms with Gasteiger partial charge in [0.25, 0.3) is 0 Å². The van der Waals surface area contributed by atoms with Crippen LogP contribution in [0.5, 0.6) is 0 Å². The molecule has 0 radical (unpaired) electrons. The van der Waals surface area contributed by atoms with E-state index in [-0.39, 0.29) is 11.7 Å². The van der Waals surface area contributed by atoms with Crippen LogP contribution < -0.4 is 0 Å². The van der Waals surface area contributed by atoms with Crippen LogP contribution in [0.2, 0.25) is 0 Å². The maximum atomic E-state index is 11.5. The first-order chi connectivity index (χ1) is 6.39. The summed E-state index contributed by atoms with van der Waals surface area (Å²) in [5.41, 5.74) is 0.118. The monoisotopic (exact) mass is 195 g/mol. The van der Waals surface area contributed by atoms with Gasteiger partial charge in [-0.2, -0.15) is 0 Å². The summed E-state index contributed by atoms with van der Waals surface area (Å²) in [6.45, 7) is 9.51. The number of Topliss-reactive ketones (excluding diaryl/α,β-unsaturated/α-hetero) is 1. The summed E-state index contributed by atoms with van der Waals surface area (Å²) in [4.78, 5) is 24.4. The zero-order chi connectivity index (χ0) is 10.9. The van der Waals surface area contributed by atoms with Crippen LogP contribution in [0.15, 0.2) is 12.3 Å². The molecule has 1 fully saturated rings. The van der Waals surface area contributed by atoms with E-state index in [0.29, 0.717) is 12.2 Å². The van der Waals surface area contributed by atoms with Crippen LogP contribution in [0.3, 0.4) is 0 Å². The maximum Gasteiger partial charge on any atom is 0.223 e. The highest BCUT2D eigenvalue weighted by Crippen LogP contribution is 2.38. The molecule has 1 rings (SSSR count). The van der Waals surface area contributed by atoms with Gasteiger partial charge in [0.2, 0.25) is 5.91 Å². The molecule has 3 heteroatoms. The zero-order valence-corrected chi connectivity index (χ0v) is 9.09. The topological polar surface area (TPSA) is 37.4 Å². The zero-order valence-electron chi connectivity index (χ0n) is 9.09. The SMILES string of the molecule is C=C1N(C(C)=O)CCC[C@]1(C)C(C)=O. The van der Waals surface area contributed by atoms with Crippen molar-refractivity contribution in [3.05, 3.63) is 12.3 Å². The molecule has 14 heavy (non-hydrogen) atoms. The highest BCUT2D eigenvalue weighted by atomic mass is 16.2. The van der Waals surface area contributed by atoms with E-state index in [9.17, 15) is 9.59 Å². The number of rotatable bonds is 1. The molecule has 0 spiro atoms. The van der Waals surface area contributed by atoms with E-state index >= 15 is 0 Å². The molecule has 0 N–H and O–H groups in total. The van der Waals surface area contributed by atoms with Crippen molar-refractivity contribution in [2.45, 2.75) is 33.6 Å². The van der Waals surface area contributed by atoms with Gasteiger partial charge >= 0.3 is 0 Å². The lowest BCUT2D eigenvalue weighted by atomic mass is 9.76. The van der Waals surface area contributed by atoms with Crippen molar-refractivity contribution in [1.29, 1.82) is 0 Å². The van der Waals surface area contributed by atoms with Crippen molar-refractivity contribution in [1.82, 2.24) is 4.90 Å². The minimum atomic E-state index is -0.538. The fourth-order valence-corrected chi connectivity index (χ4v) is 1.89. The van der Waals surface area contributed by atoms with Crippen LogP contribution in [0.25, 0.3) is 0 Å². The number of hydrogen-bond acceptors (Lipinski definition) is 2. The normalized spacial score (nSPS) is 27.6. The van der Waals surface area contributed by atoms with E-state index in [4.69, 9.17) is 0 Å². The van der Waals surface area contributed by atoms with Crippen molar-refractivity contribution in [2.75, 3.05) is 6.54 Å². The number of hydrogen-bond donors (Lipinski definition) is 0. The highest BCUT2D eigenvalue weighted by Gasteiger charge is 2.39. The molecule has 0 bridgehead atoms. The number of carbonyl (C=O) groups excluding carboxylic acids is 2. The van der Waals surface area contributed by atoms with Gasteiger partial charge in [0.1, 0.15) is 5.78 Å². The number of carbonyl (C=O) groups is 2. The number of ketones is 1. The van der Waals surface area contributed by atoms with Gasteiger partial charge in [-0.15, -0.1) is 0 Å². The van der Waals surface area contributed by atoms with E-state index in [1.807, 2.05) is 6.92 Å². The fourth-order valence-electron chi connectivity index (χ4n) is 1.89. The lowest BCUT2D eigenvalue weighted by Crippen LogP contribution is -2.44. The first-order valence-electron chi connectivity index (χ1n) is 4.88. The lowest BCUT2D eigenvalue weighted by Gasteiger charge is -2.40. The minimum absolute atomic E-state index is 0.0258. The quantitative estimate of drug-likeness (QED) is 0.639. The Bertz CT molecular complexity index is 296. The van der Waals surface area contributed by atoms with Gasteiger partial charge in [-0.3, -0.25) is 9.59 Å². The summed E-state index contributed by atoms with van der Waals surface area (Å²) in [5, 5.41) is 0. The Morgan fingerprint density at radius 3 is 2.43 bits per heavy atom. The molecular formula is C11H17NO2. The van der Waals surface area contributed by atoms with Crippen LogP contribution in [0, 0.1) is 5.41 Å². The number of piperidine rings is 1. The largest absolute Gasteiger partial charge is 0.316 e. The average Bonchev–Trinajstić information content (AvgIpc) is 2.09. The van der Waals surface area contributed by atoms with Crippen LogP contribution in [0.4, 0.5) is 0 Å². The molecule has 1 atom stereocenters. The second-order valence-corrected chi connectivity index (χ2v) is 4.11. The van der Waals surface area contributed by atoms with Crippen molar-refractivity contribution in [3.8, 4) is 0 Å². The van der Waals surface area contributed by atoms with Crippen molar-refractivity contribution >= 4 is 11.7 Å². The molecular weight excluding hydrogens is 178 g/mol. The van der Waals surface area contributed by atoms with E-state index in [2.05, 4.69) is 6.58 Å². The summed E-state index contributed by atoms with van der Waals surface area (Å²) < 4.78 is 0. The van der Waals surface area contributed by atoms with E-state index in [1.165, 1.54) is 6.92 Å². The standard InChI is InChI=1S/C11H17NO2/c1-8-11(4,9(2)13)6-5-7-12(8)10(3)14/h1,5-7H2,2-4H3/t11-/m0/s1. The molecule has 0 aromatic carbocycles. The average molecular weight is 195 g/mol. The molecule has 1 amide bonds. The van der Waals surface area contributed by atoms with Crippen molar-refractivity contribution in [3.63, 3.8) is 0 Å². The number of likely N-dealkylation sites (tertiary alicyclic amines) is 1. The van der Waals surface area contributed by atoms with E-state index in [0.717, 1.165) is 12.8 Å². The molecule has 0 unspecified atom stereocenters. The maximum absolute atomic E-state index is 11.5. The van der Waals surface area contributed by atoms with Crippen molar-refractivity contribution in [2.24, 2.45) is 5.41 Å². The smallest absolute Gasteiger partial charge is 0.223 e. The predicted molar refractivity (Wildman–Crippen MR) is 54.5 cm³/mol. The number of allylic oxidation sites excluding steroid dienone is 1. The molecule has 0 aromatic rings. The van der Waals surface area contributed by atoms with Crippen LogP contribution in [-0.4, -0.2) is 23.1 Å². The summed E-state index contributed by atoms with van der Waals surface area (Å²) in [6, 6.07) is 0. The first-order valence-corrected chi connectivity index (χ1v) is 4.88. The molecule has 3 nitrogen and oxygen atoms in total. The van der Waals surface area contributed by atoms with Gasteiger partial charge in [0.15, 0.2) is 0 Å². The van der Waals surface area contributed by atoms with Gasteiger partial charge in [0, 0.05) is 19.2 Å². The predicted octanol–water partition coefficient (Wildman–Crippen LogP) is 1.74. The molecule has 0 aliphatic carbocycles. The van der Waals surface area contributed by atoms with Crippen LogP contribution in [0.1, 0.15) is 33.6 Å². The van der Waals surface area contributed by atoms with Gasteiger partial charge in [0.05, 0.1) is 5.41 Å². The molecule has 0 aromatic heterocycles. The lowest BCUT2D eigenvalue weighted by molar-refractivity contribution is -0.132. The van der Waals surface area contributed by atoms with Gasteiger partial charge in [-0.25, -0.2) is 0 Å². The molecule has 1 saturated heterocycles. The third kappa shape index (κ3) is 1.59. The van der Waals surface area contributed by atoms with E-state index in [1.54, 1.807) is 11.8 Å². The number of nitrogens with zero attached hydrogens (tertiary/aromatic N) is 1. The fraction of sp³-hybridized carbons (Fsp3) is 0.636. The third-order valence-electron chi connectivity index (χ3n) is 3.18. The number of amides is 1. The summed E-state index contributed by atoms with van der Waals surface area (Å²) >= 11 is 0. The molecule has 1 aliphatic heterocycles. The van der Waals surface area contributed by atoms with Gasteiger partial charge < -0.3 is 4.90 Å². The summed E-state index contributed by atoms with van der Waals surface area (Å²) in [5.74, 6) is 0.0654. The van der Waals surface area contributed by atoms with E-state index < -0.39 is 5.41 Å². The van der Waals surface area contributed by atoms with Crippen LogP contribution in [-0.2, 0) is 9.59 Å². The second kappa shape index (κ2) is 3.56. The Kier molecular flexibility index (Phi) is 2.79. The molecule has 1 heterocycles. The summed E-state index contributed by atoms with van der Waals surface area (Å²) in [7, 11) is 0. The molecule has 0 saturated carbocycles. The summed E-state index contributed by atoms with van der Waals surface area (Å²) in [6.07, 6.45) is 1.67. The van der Waals surface area contributed by atoms with Gasteiger partial charge in [-0.1, -0.05) is 6.58 Å². The Balaban J connectivity index is 2.97. The first kappa shape index (κ1) is 11.0. The Morgan fingerprint density at radius 2 is 2.00 bits per heavy atom.